The number of carbonyl (C=O) groups excluding carboxylic acids is 1. The number of benzene rings is 2. The van der Waals surface area contributed by atoms with Crippen LogP contribution in [-0.2, 0) is 9.53 Å². The smallest absolute Gasteiger partial charge is 0.338 e. The zero-order chi connectivity index (χ0) is 27.0. The van der Waals surface area contributed by atoms with E-state index in [2.05, 4.69) is 20.9 Å². The predicted octanol–water partition coefficient (Wildman–Crippen LogP) is 3.57. The first-order valence-electron chi connectivity index (χ1n) is 11.1. The van der Waals surface area contributed by atoms with Crippen molar-refractivity contribution < 1.29 is 24.3 Å². The van der Waals surface area contributed by atoms with Gasteiger partial charge in [-0.25, -0.2) is 9.79 Å². The summed E-state index contributed by atoms with van der Waals surface area (Å²) in [5.74, 6) is -0.392. The van der Waals surface area contributed by atoms with E-state index in [1.165, 1.54) is 36.0 Å². The summed E-state index contributed by atoms with van der Waals surface area (Å²) >= 11 is 4.49. The molecule has 0 fully saturated rings. The molecule has 37 heavy (non-hydrogen) atoms. The molecule has 1 aliphatic heterocycles. The lowest BCUT2D eigenvalue weighted by Crippen LogP contribution is -2.40. The molecule has 1 N–H and O–H groups in total. The Bertz CT molecular complexity index is 1640. The fraction of sp³-hybridized carbons (Fsp3) is 0.240. The second-order valence-corrected chi connectivity index (χ2v) is 10.3. The third kappa shape index (κ3) is 5.07. The van der Waals surface area contributed by atoms with Crippen LogP contribution >= 0.6 is 27.3 Å². The average Bonchev–Trinajstić information content (AvgIpc) is 3.13. The van der Waals surface area contributed by atoms with Crippen LogP contribution in [0.25, 0.3) is 6.08 Å². The van der Waals surface area contributed by atoms with E-state index in [1.807, 2.05) is 0 Å². The summed E-state index contributed by atoms with van der Waals surface area (Å²) in [4.78, 5) is 42.4. The molecule has 0 bridgehead atoms. The van der Waals surface area contributed by atoms with Crippen LogP contribution < -0.4 is 19.6 Å². The number of non-ortho nitro benzene ring substituents is 1. The van der Waals surface area contributed by atoms with Crippen molar-refractivity contribution >= 4 is 45.0 Å². The number of phenols is 1. The highest BCUT2D eigenvalue weighted by atomic mass is 79.9. The van der Waals surface area contributed by atoms with Gasteiger partial charge in [0.1, 0.15) is 17.5 Å². The van der Waals surface area contributed by atoms with Gasteiger partial charge in [0, 0.05) is 27.7 Å². The maximum absolute atomic E-state index is 13.8. The van der Waals surface area contributed by atoms with Gasteiger partial charge in [0.15, 0.2) is 4.80 Å². The van der Waals surface area contributed by atoms with Gasteiger partial charge >= 0.3 is 5.97 Å². The van der Waals surface area contributed by atoms with Crippen LogP contribution in [0.1, 0.15) is 37.9 Å². The van der Waals surface area contributed by atoms with Gasteiger partial charge in [-0.2, -0.15) is 0 Å². The zero-order valence-corrected chi connectivity index (χ0v) is 22.6. The Morgan fingerprint density at radius 1 is 1.30 bits per heavy atom. The SMILES string of the molecule is COc1ccc(Br)cc1[C@@H]1C(C(=O)OC(C)C)=C(C)N=c2s/c(=C\c3cc([N+](=O)[O-])ccc3O)c(=O)n21. The molecule has 0 saturated carbocycles. The topological polar surface area (TPSA) is 133 Å². The molecule has 0 radical (unpaired) electrons. The number of ether oxygens (including phenoxy) is 2. The molecular formula is C25H22BrN3O7S. The van der Waals surface area contributed by atoms with Gasteiger partial charge in [-0.1, -0.05) is 27.3 Å². The summed E-state index contributed by atoms with van der Waals surface area (Å²) in [5.41, 5.74) is 0.469. The van der Waals surface area contributed by atoms with Crippen LogP contribution in [0, 0.1) is 10.1 Å². The van der Waals surface area contributed by atoms with Crippen molar-refractivity contribution in [2.75, 3.05) is 7.11 Å². The Balaban J connectivity index is 2.01. The summed E-state index contributed by atoms with van der Waals surface area (Å²) in [6.45, 7) is 5.12. The molecule has 0 amide bonds. The van der Waals surface area contributed by atoms with Crippen molar-refractivity contribution in [1.82, 2.24) is 4.57 Å². The molecule has 0 unspecified atom stereocenters. The minimum atomic E-state index is -0.921. The van der Waals surface area contributed by atoms with Crippen LogP contribution in [0.4, 0.5) is 5.69 Å². The molecule has 1 atom stereocenters. The number of thiazole rings is 1. The zero-order valence-electron chi connectivity index (χ0n) is 20.2. The number of phenolic OH excluding ortho intramolecular Hbond substituents is 1. The minimum absolute atomic E-state index is 0.103. The van der Waals surface area contributed by atoms with Crippen LogP contribution in [0.3, 0.4) is 0 Å². The maximum Gasteiger partial charge on any atom is 0.338 e. The number of fused-ring (bicyclic) bond motifs is 1. The van der Waals surface area contributed by atoms with Crippen LogP contribution in [-0.4, -0.2) is 33.8 Å². The summed E-state index contributed by atoms with van der Waals surface area (Å²) in [5, 5.41) is 21.5. The summed E-state index contributed by atoms with van der Waals surface area (Å²) < 4.78 is 13.3. The van der Waals surface area contributed by atoms with Crippen LogP contribution in [0.5, 0.6) is 11.5 Å². The number of hydrogen-bond donors (Lipinski definition) is 1. The molecule has 2 heterocycles. The molecule has 4 rings (SSSR count). The monoisotopic (exact) mass is 587 g/mol. The Hall–Kier alpha value is -3.77. The number of halogens is 1. The molecule has 1 aromatic heterocycles. The number of nitro benzene ring substituents is 1. The Morgan fingerprint density at radius 2 is 2.03 bits per heavy atom. The lowest BCUT2D eigenvalue weighted by molar-refractivity contribution is -0.384. The number of nitro groups is 1. The number of carbonyl (C=O) groups is 1. The van der Waals surface area contributed by atoms with Gasteiger partial charge in [-0.3, -0.25) is 19.5 Å². The highest BCUT2D eigenvalue weighted by Crippen LogP contribution is 2.37. The van der Waals surface area contributed by atoms with E-state index in [-0.39, 0.29) is 27.1 Å². The molecule has 3 aromatic rings. The number of esters is 1. The number of hydrogen-bond acceptors (Lipinski definition) is 9. The Kier molecular flexibility index (Phi) is 7.32. The van der Waals surface area contributed by atoms with E-state index >= 15 is 0 Å². The first kappa shape index (κ1) is 26.3. The minimum Gasteiger partial charge on any atom is -0.507 e. The quantitative estimate of drug-likeness (QED) is 0.265. The lowest BCUT2D eigenvalue weighted by Gasteiger charge is -2.26. The number of aromatic nitrogens is 1. The van der Waals surface area contributed by atoms with Crippen molar-refractivity contribution in [3.05, 3.63) is 93.1 Å². The highest BCUT2D eigenvalue weighted by molar-refractivity contribution is 9.10. The largest absolute Gasteiger partial charge is 0.507 e. The van der Waals surface area contributed by atoms with Gasteiger partial charge in [-0.15, -0.1) is 0 Å². The number of rotatable bonds is 6. The van der Waals surface area contributed by atoms with Gasteiger partial charge in [0.2, 0.25) is 0 Å². The third-order valence-electron chi connectivity index (χ3n) is 5.58. The number of nitrogens with zero attached hydrogens (tertiary/aromatic N) is 3. The molecule has 12 heteroatoms. The molecule has 0 saturated heterocycles. The molecular weight excluding hydrogens is 566 g/mol. The summed E-state index contributed by atoms with van der Waals surface area (Å²) in [6.07, 6.45) is 0.964. The molecule has 192 valence electrons. The average molecular weight is 588 g/mol. The number of methoxy groups -OCH3 is 1. The standard InChI is InChI=1S/C25H22BrN3O7S/c1-12(2)36-24(32)21-13(3)27-25-28(22(21)17-11-15(26)5-8-19(17)35-4)23(31)20(37-25)10-14-9-16(29(33)34)6-7-18(14)30/h5-12,22,30H,1-4H3/b20-10-/t22-/m1/s1. The van der Waals surface area contributed by atoms with Crippen molar-refractivity contribution in [3.63, 3.8) is 0 Å². The molecule has 0 aliphatic carbocycles. The van der Waals surface area contributed by atoms with E-state index in [9.17, 15) is 24.8 Å². The van der Waals surface area contributed by atoms with Crippen molar-refractivity contribution in [2.24, 2.45) is 4.99 Å². The van der Waals surface area contributed by atoms with Gasteiger partial charge in [0.05, 0.1) is 33.9 Å². The van der Waals surface area contributed by atoms with Crippen molar-refractivity contribution in [3.8, 4) is 11.5 Å². The van der Waals surface area contributed by atoms with E-state index in [1.54, 1.807) is 39.0 Å². The van der Waals surface area contributed by atoms with Crippen LogP contribution in [0.2, 0.25) is 0 Å². The van der Waals surface area contributed by atoms with Crippen molar-refractivity contribution in [1.29, 1.82) is 0 Å². The van der Waals surface area contributed by atoms with Gasteiger partial charge in [0.25, 0.3) is 11.2 Å². The second kappa shape index (κ2) is 10.3. The Morgan fingerprint density at radius 3 is 2.68 bits per heavy atom. The first-order chi connectivity index (χ1) is 17.5. The Labute approximate surface area is 223 Å². The predicted molar refractivity (Wildman–Crippen MR) is 140 cm³/mol. The first-order valence-corrected chi connectivity index (χ1v) is 12.7. The molecule has 0 spiro atoms. The molecule has 10 nitrogen and oxygen atoms in total. The second-order valence-electron chi connectivity index (χ2n) is 8.42. The van der Waals surface area contributed by atoms with Crippen molar-refractivity contribution in [2.45, 2.75) is 32.9 Å². The lowest BCUT2D eigenvalue weighted by atomic mass is 9.95. The molecule has 2 aromatic carbocycles. The summed E-state index contributed by atoms with van der Waals surface area (Å²) in [6, 6.07) is 7.88. The normalized spacial score (nSPS) is 15.4. The van der Waals surface area contributed by atoms with E-state index in [4.69, 9.17) is 9.47 Å². The number of allylic oxidation sites excluding steroid dienone is 1. The van der Waals surface area contributed by atoms with Crippen LogP contribution in [0.15, 0.2) is 61.9 Å². The fourth-order valence-corrected chi connectivity index (χ4v) is 5.40. The van der Waals surface area contributed by atoms with Gasteiger partial charge in [-0.05, 0) is 51.1 Å². The maximum atomic E-state index is 13.8. The van der Waals surface area contributed by atoms with E-state index < -0.39 is 28.6 Å². The van der Waals surface area contributed by atoms with E-state index in [0.717, 1.165) is 11.3 Å². The summed E-state index contributed by atoms with van der Waals surface area (Å²) in [7, 11) is 1.49. The molecule has 1 aliphatic rings. The fourth-order valence-electron chi connectivity index (χ4n) is 3.99. The number of aromatic hydroxyl groups is 1. The van der Waals surface area contributed by atoms with E-state index in [0.29, 0.717) is 26.3 Å². The third-order valence-corrected chi connectivity index (χ3v) is 7.06. The highest BCUT2D eigenvalue weighted by Gasteiger charge is 2.35. The van der Waals surface area contributed by atoms with Gasteiger partial charge < -0.3 is 14.6 Å².